The Morgan fingerprint density at radius 2 is 0.981 bits per heavy atom. The van der Waals surface area contributed by atoms with Crippen LogP contribution in [0.4, 0.5) is 0 Å². The first-order valence-electron chi connectivity index (χ1n) is 18.0. The molecule has 246 valence electrons. The molecule has 0 aliphatic rings. The lowest BCUT2D eigenvalue weighted by Gasteiger charge is -2.19. The van der Waals surface area contributed by atoms with Crippen LogP contribution in [0.1, 0.15) is 0 Å². The summed E-state index contributed by atoms with van der Waals surface area (Å²) in [6, 6.07) is 61.9. The van der Waals surface area contributed by atoms with Gasteiger partial charge in [-0.25, -0.2) is 0 Å². The van der Waals surface area contributed by atoms with Crippen molar-refractivity contribution in [1.29, 1.82) is 0 Å². The third-order valence-corrected chi connectivity index (χ3v) is 11.9. The van der Waals surface area contributed by atoms with E-state index in [-0.39, 0.29) is 0 Å². The normalized spacial score (nSPS) is 11.8. The van der Waals surface area contributed by atoms with Crippen LogP contribution in [-0.2, 0) is 0 Å². The highest BCUT2D eigenvalue weighted by Gasteiger charge is 2.22. The van der Waals surface area contributed by atoms with Crippen molar-refractivity contribution in [3.8, 4) is 44.0 Å². The van der Waals surface area contributed by atoms with E-state index in [1.165, 1.54) is 75.4 Å². The van der Waals surface area contributed by atoms with Gasteiger partial charge in [-0.1, -0.05) is 133 Å². The lowest BCUT2D eigenvalue weighted by Crippen LogP contribution is -1.91. The highest BCUT2D eigenvalue weighted by atomic mass is 32.1. The molecule has 0 unspecified atom stereocenters. The smallest absolute Gasteiger partial charge is 0.0880 e. The predicted octanol–water partition coefficient (Wildman–Crippen LogP) is 14.1. The van der Waals surface area contributed by atoms with Crippen LogP contribution in [-0.4, -0.2) is 9.97 Å². The fourth-order valence-corrected chi connectivity index (χ4v) is 9.56. The Labute approximate surface area is 310 Å². The molecule has 3 heteroatoms. The summed E-state index contributed by atoms with van der Waals surface area (Å²) in [5, 5.41) is 12.4. The summed E-state index contributed by atoms with van der Waals surface area (Å²) in [7, 11) is 0. The molecule has 3 aromatic heterocycles. The highest BCUT2D eigenvalue weighted by molar-refractivity contribution is 7.23. The van der Waals surface area contributed by atoms with Gasteiger partial charge in [0.1, 0.15) is 0 Å². The predicted molar refractivity (Wildman–Crippen MR) is 227 cm³/mol. The molecule has 53 heavy (non-hydrogen) atoms. The number of benzene rings is 8. The molecule has 0 aliphatic heterocycles. The van der Waals surface area contributed by atoms with E-state index in [9.17, 15) is 0 Å². The van der Waals surface area contributed by atoms with Gasteiger partial charge in [-0.3, -0.25) is 9.97 Å². The van der Waals surface area contributed by atoms with Gasteiger partial charge in [0, 0.05) is 33.4 Å². The zero-order valence-electron chi connectivity index (χ0n) is 28.6. The minimum absolute atomic E-state index is 0.982. The number of hydrogen-bond acceptors (Lipinski definition) is 3. The van der Waals surface area contributed by atoms with Crippen LogP contribution in [0.25, 0.3) is 108 Å². The van der Waals surface area contributed by atoms with Gasteiger partial charge in [0.25, 0.3) is 0 Å². The molecular formula is C50H30N2S. The van der Waals surface area contributed by atoms with Gasteiger partial charge in [0.05, 0.1) is 16.1 Å². The first kappa shape index (κ1) is 30.0. The van der Waals surface area contributed by atoms with Crippen molar-refractivity contribution in [2.45, 2.75) is 0 Å². The summed E-state index contributed by atoms with van der Waals surface area (Å²) in [6.45, 7) is 0. The lowest BCUT2D eigenvalue weighted by atomic mass is 9.85. The second-order valence-electron chi connectivity index (χ2n) is 13.7. The molecule has 0 radical (unpaired) electrons. The number of nitrogens with zero attached hydrogens (tertiary/aromatic N) is 2. The van der Waals surface area contributed by atoms with E-state index in [1.54, 1.807) is 0 Å². The van der Waals surface area contributed by atoms with E-state index in [1.807, 2.05) is 35.9 Å². The van der Waals surface area contributed by atoms with Crippen LogP contribution in [0.5, 0.6) is 0 Å². The van der Waals surface area contributed by atoms with E-state index in [0.717, 1.165) is 32.6 Å². The SMILES string of the molecule is c1cnc(-c2cc3ccc4c(-c5ccc6ccccc6c5)c5ccccc5c(-c5ccc6ccccc6c5)c4c3s2)c(-c2cccc3ncccc23)c1. The third kappa shape index (κ3) is 4.78. The van der Waals surface area contributed by atoms with Gasteiger partial charge in [0.15, 0.2) is 0 Å². The van der Waals surface area contributed by atoms with Crippen molar-refractivity contribution in [3.05, 3.63) is 182 Å². The van der Waals surface area contributed by atoms with Crippen molar-refractivity contribution in [1.82, 2.24) is 9.97 Å². The average Bonchev–Trinajstić information content (AvgIpc) is 3.67. The Balaban J connectivity index is 1.25. The van der Waals surface area contributed by atoms with E-state index < -0.39 is 0 Å². The molecular weight excluding hydrogens is 661 g/mol. The van der Waals surface area contributed by atoms with Gasteiger partial charge in [0.2, 0.25) is 0 Å². The molecule has 0 fully saturated rings. The van der Waals surface area contributed by atoms with Crippen LogP contribution < -0.4 is 0 Å². The van der Waals surface area contributed by atoms with Crippen molar-refractivity contribution in [3.63, 3.8) is 0 Å². The minimum atomic E-state index is 0.982. The first-order chi connectivity index (χ1) is 26.3. The molecule has 0 N–H and O–H groups in total. The van der Waals surface area contributed by atoms with E-state index in [4.69, 9.17) is 4.98 Å². The largest absolute Gasteiger partial charge is 0.256 e. The Hall–Kier alpha value is -6.68. The maximum absolute atomic E-state index is 5.06. The zero-order valence-corrected chi connectivity index (χ0v) is 29.4. The quantitative estimate of drug-likeness (QED) is 0.172. The van der Waals surface area contributed by atoms with Gasteiger partial charge in [-0.2, -0.15) is 0 Å². The maximum Gasteiger partial charge on any atom is 0.0880 e. The third-order valence-electron chi connectivity index (χ3n) is 10.7. The van der Waals surface area contributed by atoms with Crippen LogP contribution >= 0.6 is 11.3 Å². The number of pyridine rings is 2. The topological polar surface area (TPSA) is 25.8 Å². The fraction of sp³-hybridized carbons (Fsp3) is 0. The Bertz CT molecular complexity index is 3240. The molecule has 0 amide bonds. The molecule has 11 aromatic rings. The van der Waals surface area contributed by atoms with Gasteiger partial charge >= 0.3 is 0 Å². The second kappa shape index (κ2) is 11.9. The molecule has 0 spiro atoms. The second-order valence-corrected chi connectivity index (χ2v) is 14.8. The maximum atomic E-state index is 5.06. The molecule has 0 bridgehead atoms. The summed E-state index contributed by atoms with van der Waals surface area (Å²) in [4.78, 5) is 10.9. The summed E-state index contributed by atoms with van der Waals surface area (Å²) in [5.74, 6) is 0. The number of thiophene rings is 1. The Morgan fingerprint density at radius 3 is 1.75 bits per heavy atom. The Morgan fingerprint density at radius 1 is 0.377 bits per heavy atom. The summed E-state index contributed by atoms with van der Waals surface area (Å²) in [6.07, 6.45) is 3.77. The standard InChI is InChI=1S/C50H30N2S/c1-3-12-33-28-35(22-20-31(33)10-1)46-40-14-5-6-15-41(40)47(36-23-21-32-11-2-4-13-34(32)29-36)48-43(46)25-24-37-30-45(53-50(37)48)49-42(18-9-27-52-49)38-16-7-19-44-39(38)17-8-26-51-44/h1-30H. The number of hydrogen-bond donors (Lipinski definition) is 0. The number of fused-ring (bicyclic) bond motifs is 7. The van der Waals surface area contributed by atoms with Crippen LogP contribution in [0.15, 0.2) is 182 Å². The molecule has 0 atom stereocenters. The van der Waals surface area contributed by atoms with Crippen LogP contribution in [0.3, 0.4) is 0 Å². The fourth-order valence-electron chi connectivity index (χ4n) is 8.33. The van der Waals surface area contributed by atoms with Gasteiger partial charge in [-0.15, -0.1) is 11.3 Å². The summed E-state index contributed by atoms with van der Waals surface area (Å²) >= 11 is 1.84. The molecule has 8 aromatic carbocycles. The molecule has 0 saturated carbocycles. The Kier molecular flexibility index (Phi) is 6.76. The first-order valence-corrected chi connectivity index (χ1v) is 18.8. The van der Waals surface area contributed by atoms with E-state index >= 15 is 0 Å². The molecule has 2 nitrogen and oxygen atoms in total. The molecule has 11 rings (SSSR count). The van der Waals surface area contributed by atoms with Crippen molar-refractivity contribution >= 4 is 75.4 Å². The van der Waals surface area contributed by atoms with Crippen molar-refractivity contribution < 1.29 is 0 Å². The highest BCUT2D eigenvalue weighted by Crippen LogP contribution is 2.50. The van der Waals surface area contributed by atoms with Gasteiger partial charge < -0.3 is 0 Å². The summed E-state index contributed by atoms with van der Waals surface area (Å²) in [5.41, 5.74) is 9.20. The van der Waals surface area contributed by atoms with Crippen LogP contribution in [0.2, 0.25) is 0 Å². The summed E-state index contributed by atoms with van der Waals surface area (Å²) < 4.78 is 1.27. The van der Waals surface area contributed by atoms with Crippen molar-refractivity contribution in [2.24, 2.45) is 0 Å². The van der Waals surface area contributed by atoms with Crippen molar-refractivity contribution in [2.75, 3.05) is 0 Å². The number of rotatable bonds is 4. The minimum Gasteiger partial charge on any atom is -0.256 e. The van der Waals surface area contributed by atoms with Gasteiger partial charge in [-0.05, 0) is 107 Å². The van der Waals surface area contributed by atoms with E-state index in [0.29, 0.717) is 0 Å². The molecule has 0 saturated heterocycles. The number of aromatic nitrogens is 2. The lowest BCUT2D eigenvalue weighted by molar-refractivity contribution is 1.34. The zero-order chi connectivity index (χ0) is 34.9. The molecule has 0 aliphatic carbocycles. The monoisotopic (exact) mass is 690 g/mol. The van der Waals surface area contributed by atoms with Crippen LogP contribution in [0, 0.1) is 0 Å². The average molecular weight is 691 g/mol. The molecule has 3 heterocycles. The van der Waals surface area contributed by atoms with E-state index in [2.05, 4.69) is 163 Å².